The number of carbonyl (C=O) groups is 2. The summed E-state index contributed by atoms with van der Waals surface area (Å²) >= 11 is 1.25. The van der Waals surface area contributed by atoms with E-state index in [0.29, 0.717) is 26.8 Å². The maximum absolute atomic E-state index is 12.6. The molecule has 10 heteroatoms. The minimum absolute atomic E-state index is 0.199. The number of hydrogen-bond donors (Lipinski definition) is 2. The first-order valence-corrected chi connectivity index (χ1v) is 9.45. The molecule has 3 aromatic rings. The number of nitrogens with zero attached hydrogens (tertiary/aromatic N) is 1. The highest BCUT2D eigenvalue weighted by Gasteiger charge is 2.31. The van der Waals surface area contributed by atoms with Gasteiger partial charge >= 0.3 is 6.36 Å². The van der Waals surface area contributed by atoms with Gasteiger partial charge in [-0.15, -0.1) is 24.5 Å². The van der Waals surface area contributed by atoms with Crippen molar-refractivity contribution >= 4 is 34.5 Å². The molecule has 2 aromatic carbocycles. The minimum atomic E-state index is -4.76. The number of alkyl halides is 3. The van der Waals surface area contributed by atoms with Crippen LogP contribution in [0.1, 0.15) is 22.3 Å². The van der Waals surface area contributed by atoms with Crippen LogP contribution in [-0.2, 0) is 4.79 Å². The highest BCUT2D eigenvalue weighted by atomic mass is 32.1. The normalized spacial score (nSPS) is 11.1. The number of nitrogens with one attached hydrogen (secondary N) is 2. The topological polar surface area (TPSA) is 80.3 Å². The Labute approximate surface area is 173 Å². The molecule has 0 aliphatic heterocycles. The van der Waals surface area contributed by atoms with Crippen LogP contribution in [0.5, 0.6) is 5.75 Å². The summed E-state index contributed by atoms with van der Waals surface area (Å²) in [5.41, 5.74) is 1.91. The number of thiazole rings is 1. The maximum Gasteiger partial charge on any atom is 0.573 e. The molecule has 1 aromatic heterocycles. The molecule has 3 rings (SSSR count). The zero-order chi connectivity index (χ0) is 21.9. The van der Waals surface area contributed by atoms with Gasteiger partial charge in [0.15, 0.2) is 0 Å². The lowest BCUT2D eigenvalue weighted by molar-refractivity contribution is -0.274. The SMILES string of the molecule is CC(=O)Nc1ccc(NC(=O)c2nc(-c3ccc(OC(F)(F)F)cc3)sc2C)cc1. The van der Waals surface area contributed by atoms with E-state index in [0.717, 1.165) is 0 Å². The van der Waals surface area contributed by atoms with Crippen LogP contribution < -0.4 is 15.4 Å². The van der Waals surface area contributed by atoms with Gasteiger partial charge in [0, 0.05) is 28.7 Å². The highest BCUT2D eigenvalue weighted by molar-refractivity contribution is 7.15. The molecular weight excluding hydrogens is 419 g/mol. The average Bonchev–Trinajstić information content (AvgIpc) is 3.04. The van der Waals surface area contributed by atoms with Gasteiger partial charge in [-0.25, -0.2) is 4.98 Å². The van der Waals surface area contributed by atoms with Crippen LogP contribution in [0, 0.1) is 6.92 Å². The van der Waals surface area contributed by atoms with Crippen molar-refractivity contribution in [3.8, 4) is 16.3 Å². The first-order chi connectivity index (χ1) is 14.1. The van der Waals surface area contributed by atoms with Gasteiger partial charge < -0.3 is 15.4 Å². The summed E-state index contributed by atoms with van der Waals surface area (Å²) in [4.78, 5) is 28.6. The van der Waals surface area contributed by atoms with E-state index < -0.39 is 12.3 Å². The van der Waals surface area contributed by atoms with Crippen molar-refractivity contribution in [2.75, 3.05) is 10.6 Å². The van der Waals surface area contributed by atoms with E-state index >= 15 is 0 Å². The summed E-state index contributed by atoms with van der Waals surface area (Å²) in [5.74, 6) is -0.949. The van der Waals surface area contributed by atoms with Crippen LogP contribution in [0.15, 0.2) is 48.5 Å². The molecule has 0 aliphatic carbocycles. The van der Waals surface area contributed by atoms with Gasteiger partial charge in [-0.1, -0.05) is 0 Å². The monoisotopic (exact) mass is 435 g/mol. The molecule has 2 N–H and O–H groups in total. The van der Waals surface area contributed by atoms with Crippen molar-refractivity contribution < 1.29 is 27.5 Å². The Kier molecular flexibility index (Phi) is 6.06. The van der Waals surface area contributed by atoms with Crippen molar-refractivity contribution in [2.24, 2.45) is 0 Å². The molecule has 1 heterocycles. The number of hydrogen-bond acceptors (Lipinski definition) is 5. The van der Waals surface area contributed by atoms with Crippen LogP contribution in [0.4, 0.5) is 24.5 Å². The minimum Gasteiger partial charge on any atom is -0.406 e. The molecule has 0 saturated carbocycles. The lowest BCUT2D eigenvalue weighted by Gasteiger charge is -2.08. The largest absolute Gasteiger partial charge is 0.573 e. The fourth-order valence-corrected chi connectivity index (χ4v) is 3.48. The van der Waals surface area contributed by atoms with E-state index in [4.69, 9.17) is 0 Å². The van der Waals surface area contributed by atoms with E-state index in [2.05, 4.69) is 20.4 Å². The molecule has 0 saturated heterocycles. The van der Waals surface area contributed by atoms with Gasteiger partial charge in [0.05, 0.1) is 0 Å². The zero-order valence-electron chi connectivity index (χ0n) is 15.8. The molecule has 0 fully saturated rings. The third-order valence-corrected chi connectivity index (χ3v) is 4.83. The van der Waals surface area contributed by atoms with Gasteiger partial charge in [0.25, 0.3) is 5.91 Å². The zero-order valence-corrected chi connectivity index (χ0v) is 16.6. The summed E-state index contributed by atoms with van der Waals surface area (Å²) in [7, 11) is 0. The number of amides is 2. The second-order valence-corrected chi connectivity index (χ2v) is 7.41. The van der Waals surface area contributed by atoms with Crippen LogP contribution >= 0.6 is 11.3 Å². The summed E-state index contributed by atoms with van der Waals surface area (Å²) in [6.45, 7) is 3.13. The molecule has 0 spiro atoms. The molecule has 0 aliphatic rings. The summed E-state index contributed by atoms with van der Waals surface area (Å²) < 4.78 is 40.7. The van der Waals surface area contributed by atoms with E-state index in [1.54, 1.807) is 31.2 Å². The summed E-state index contributed by atoms with van der Waals surface area (Å²) in [6.07, 6.45) is -4.76. The number of anilines is 2. The van der Waals surface area contributed by atoms with Crippen molar-refractivity contribution in [1.29, 1.82) is 0 Å². The summed E-state index contributed by atoms with van der Waals surface area (Å²) in [5, 5.41) is 5.85. The Morgan fingerprint density at radius 1 is 0.967 bits per heavy atom. The fourth-order valence-electron chi connectivity index (χ4n) is 2.56. The second kappa shape index (κ2) is 8.54. The molecule has 6 nitrogen and oxygen atoms in total. The Morgan fingerprint density at radius 3 is 2.07 bits per heavy atom. The second-order valence-electron chi connectivity index (χ2n) is 6.21. The Bertz CT molecular complexity index is 1060. The summed E-state index contributed by atoms with van der Waals surface area (Å²) in [6, 6.07) is 11.9. The maximum atomic E-state index is 12.6. The van der Waals surface area contributed by atoms with Gasteiger partial charge in [0.2, 0.25) is 5.91 Å². The van der Waals surface area contributed by atoms with Gasteiger partial charge in [-0.3, -0.25) is 9.59 Å². The third kappa shape index (κ3) is 5.57. The van der Waals surface area contributed by atoms with Crippen LogP contribution in [-0.4, -0.2) is 23.2 Å². The predicted molar refractivity (Wildman–Crippen MR) is 108 cm³/mol. The Balaban J connectivity index is 1.72. The molecule has 0 radical (unpaired) electrons. The molecule has 0 unspecified atom stereocenters. The molecule has 0 atom stereocenters. The molecular formula is C20H16F3N3O3S. The number of benzene rings is 2. The molecule has 30 heavy (non-hydrogen) atoms. The number of ether oxygens (including phenoxy) is 1. The molecule has 2 amide bonds. The van der Waals surface area contributed by atoms with E-state index in [1.807, 2.05) is 0 Å². The van der Waals surface area contributed by atoms with Gasteiger partial charge in [-0.2, -0.15) is 0 Å². The lowest BCUT2D eigenvalue weighted by atomic mass is 10.2. The number of aromatic nitrogens is 1. The van der Waals surface area contributed by atoms with Crippen molar-refractivity contribution in [2.45, 2.75) is 20.2 Å². The van der Waals surface area contributed by atoms with E-state index in [9.17, 15) is 22.8 Å². The fraction of sp³-hybridized carbons (Fsp3) is 0.150. The third-order valence-electron chi connectivity index (χ3n) is 3.81. The predicted octanol–water partition coefficient (Wildman–Crippen LogP) is 5.23. The number of aryl methyl sites for hydroxylation is 1. The Hall–Kier alpha value is -3.40. The van der Waals surface area contributed by atoms with Crippen molar-refractivity contribution in [1.82, 2.24) is 4.98 Å². The lowest BCUT2D eigenvalue weighted by Crippen LogP contribution is -2.16. The van der Waals surface area contributed by atoms with Crippen LogP contribution in [0.3, 0.4) is 0 Å². The van der Waals surface area contributed by atoms with E-state index in [1.165, 1.54) is 42.5 Å². The van der Waals surface area contributed by atoms with Crippen LogP contribution in [0.2, 0.25) is 0 Å². The average molecular weight is 435 g/mol. The number of halogens is 3. The van der Waals surface area contributed by atoms with Crippen LogP contribution in [0.25, 0.3) is 10.6 Å². The van der Waals surface area contributed by atoms with E-state index in [-0.39, 0.29) is 17.4 Å². The number of carbonyl (C=O) groups excluding carboxylic acids is 2. The molecule has 0 bridgehead atoms. The van der Waals surface area contributed by atoms with Gasteiger partial charge in [-0.05, 0) is 55.5 Å². The standard InChI is InChI=1S/C20H16F3N3O3S/c1-11-17(18(28)25-15-7-5-14(6-8-15)24-12(2)27)26-19(30-11)13-3-9-16(10-4-13)29-20(21,22)23/h3-10H,1-2H3,(H,24,27)(H,25,28). The van der Waals surface area contributed by atoms with Crippen molar-refractivity contribution in [3.05, 3.63) is 59.1 Å². The Morgan fingerprint density at radius 2 is 1.53 bits per heavy atom. The van der Waals surface area contributed by atoms with Gasteiger partial charge in [0.1, 0.15) is 16.5 Å². The number of rotatable bonds is 5. The molecule has 156 valence electrons. The highest BCUT2D eigenvalue weighted by Crippen LogP contribution is 2.31. The first kappa shape index (κ1) is 21.3. The van der Waals surface area contributed by atoms with Crippen molar-refractivity contribution in [3.63, 3.8) is 0 Å². The smallest absolute Gasteiger partial charge is 0.406 e. The quantitative estimate of drug-likeness (QED) is 0.575. The first-order valence-electron chi connectivity index (χ1n) is 8.63.